The molecule has 0 aromatic carbocycles. The van der Waals surface area contributed by atoms with Crippen LogP contribution in [0.4, 0.5) is 0 Å². The quantitative estimate of drug-likeness (QED) is 0.647. The Morgan fingerprint density at radius 1 is 0.778 bits per heavy atom. The summed E-state index contributed by atoms with van der Waals surface area (Å²) in [5, 5.41) is 9.10. The van der Waals surface area contributed by atoms with E-state index in [1.54, 1.807) is 0 Å². The van der Waals surface area contributed by atoms with Gasteiger partial charge in [0.05, 0.1) is 31.6 Å². The molecule has 2 rings (SSSR count). The third-order valence-electron chi connectivity index (χ3n) is 3.11. The monoisotopic (exact) mass is 470 g/mol. The number of nitrogens with zero attached hydrogens (tertiary/aromatic N) is 4. The summed E-state index contributed by atoms with van der Waals surface area (Å²) in [6, 6.07) is 0. The molecule has 0 unspecified atom stereocenters. The minimum atomic E-state index is 0.869. The summed E-state index contributed by atoms with van der Waals surface area (Å²) in [6.07, 6.45) is 0. The van der Waals surface area contributed by atoms with E-state index in [2.05, 4.69) is 92.4 Å². The van der Waals surface area contributed by atoms with Crippen molar-refractivity contribution in [3.8, 4) is 0 Å². The van der Waals surface area contributed by atoms with Gasteiger partial charge in [-0.2, -0.15) is 10.2 Å². The first-order valence-electron chi connectivity index (χ1n) is 5.80. The molecule has 98 valence electrons. The first kappa shape index (κ1) is 14.3. The predicted molar refractivity (Wildman–Crippen MR) is 88.8 cm³/mol. The van der Waals surface area contributed by atoms with Crippen LogP contribution in [0.2, 0.25) is 0 Å². The zero-order valence-corrected chi connectivity index (χ0v) is 15.3. The van der Waals surface area contributed by atoms with Crippen LogP contribution < -0.4 is 0 Å². The van der Waals surface area contributed by atoms with E-state index in [0.717, 1.165) is 24.5 Å². The SMILES string of the molecule is Cc1nn(CCn2nc(C)c(I)c2C)c(C)c1I. The number of rotatable bonds is 3. The summed E-state index contributed by atoms with van der Waals surface area (Å²) in [7, 11) is 0. The van der Waals surface area contributed by atoms with Gasteiger partial charge in [-0.15, -0.1) is 0 Å². The Morgan fingerprint density at radius 2 is 1.11 bits per heavy atom. The third-order valence-corrected chi connectivity index (χ3v) is 6.23. The number of halogens is 2. The number of hydrogen-bond acceptors (Lipinski definition) is 2. The van der Waals surface area contributed by atoms with Gasteiger partial charge in [-0.1, -0.05) is 0 Å². The van der Waals surface area contributed by atoms with E-state index >= 15 is 0 Å². The molecule has 2 aromatic rings. The van der Waals surface area contributed by atoms with Gasteiger partial charge in [0.25, 0.3) is 0 Å². The van der Waals surface area contributed by atoms with E-state index < -0.39 is 0 Å². The van der Waals surface area contributed by atoms with E-state index in [4.69, 9.17) is 0 Å². The summed E-state index contributed by atoms with van der Waals surface area (Å²) in [4.78, 5) is 0. The Hall–Kier alpha value is -0.120. The Kier molecular flexibility index (Phi) is 4.35. The molecule has 0 saturated carbocycles. The van der Waals surface area contributed by atoms with Crippen LogP contribution in [0.1, 0.15) is 22.8 Å². The number of aromatic nitrogens is 4. The second-order valence-corrected chi connectivity index (χ2v) is 6.57. The highest BCUT2D eigenvalue weighted by Gasteiger charge is 2.11. The summed E-state index contributed by atoms with van der Waals surface area (Å²) in [6.45, 7) is 10.1. The highest BCUT2D eigenvalue weighted by Crippen LogP contribution is 2.17. The van der Waals surface area contributed by atoms with Crippen molar-refractivity contribution in [2.45, 2.75) is 40.8 Å². The average Bonchev–Trinajstić information content (AvgIpc) is 2.72. The van der Waals surface area contributed by atoms with Crippen LogP contribution >= 0.6 is 45.2 Å². The van der Waals surface area contributed by atoms with Gasteiger partial charge in [0, 0.05) is 11.4 Å². The fraction of sp³-hybridized carbons (Fsp3) is 0.500. The molecule has 0 bridgehead atoms. The largest absolute Gasteiger partial charge is 0.267 e. The molecule has 0 radical (unpaired) electrons. The van der Waals surface area contributed by atoms with Crippen molar-refractivity contribution in [3.63, 3.8) is 0 Å². The van der Waals surface area contributed by atoms with Gasteiger partial charge in [-0.05, 0) is 72.9 Å². The van der Waals surface area contributed by atoms with Crippen LogP contribution in [0, 0.1) is 34.8 Å². The smallest absolute Gasteiger partial charge is 0.0729 e. The maximum atomic E-state index is 4.55. The molecule has 18 heavy (non-hydrogen) atoms. The topological polar surface area (TPSA) is 35.6 Å². The summed E-state index contributed by atoms with van der Waals surface area (Å²) < 4.78 is 6.66. The van der Waals surface area contributed by atoms with Gasteiger partial charge < -0.3 is 0 Å². The highest BCUT2D eigenvalue weighted by molar-refractivity contribution is 14.1. The molecule has 0 saturated heterocycles. The lowest BCUT2D eigenvalue weighted by atomic mass is 10.4. The van der Waals surface area contributed by atoms with Gasteiger partial charge in [0.15, 0.2) is 0 Å². The van der Waals surface area contributed by atoms with Crippen molar-refractivity contribution in [1.29, 1.82) is 0 Å². The lowest BCUT2D eigenvalue weighted by Crippen LogP contribution is -2.12. The molecule has 0 atom stereocenters. The molecule has 2 heterocycles. The van der Waals surface area contributed by atoms with E-state index in [0.29, 0.717) is 0 Å². The maximum absolute atomic E-state index is 4.55. The van der Waals surface area contributed by atoms with Crippen LogP contribution in [0.3, 0.4) is 0 Å². The molecule has 0 spiro atoms. The molecule has 2 aromatic heterocycles. The Balaban J connectivity index is 2.16. The van der Waals surface area contributed by atoms with Gasteiger partial charge in [-0.25, -0.2) is 0 Å². The molecule has 0 amide bonds. The first-order chi connectivity index (χ1) is 8.41. The second kappa shape index (κ2) is 5.48. The molecule has 6 heteroatoms. The van der Waals surface area contributed by atoms with Crippen LogP contribution in [-0.2, 0) is 13.1 Å². The van der Waals surface area contributed by atoms with Gasteiger partial charge in [0.2, 0.25) is 0 Å². The Morgan fingerprint density at radius 3 is 1.33 bits per heavy atom. The van der Waals surface area contributed by atoms with Crippen LogP contribution in [0.15, 0.2) is 0 Å². The zero-order valence-electron chi connectivity index (χ0n) is 11.0. The third kappa shape index (κ3) is 2.59. The number of hydrogen-bond donors (Lipinski definition) is 0. The molecule has 0 aliphatic carbocycles. The van der Waals surface area contributed by atoms with Crippen molar-refractivity contribution < 1.29 is 0 Å². The summed E-state index contributed by atoms with van der Waals surface area (Å²) >= 11 is 4.71. The lowest BCUT2D eigenvalue weighted by Gasteiger charge is -2.06. The molecular formula is C12H16I2N4. The Bertz CT molecular complexity index is 531. The van der Waals surface area contributed by atoms with Crippen LogP contribution in [0.5, 0.6) is 0 Å². The number of aryl methyl sites for hydroxylation is 4. The fourth-order valence-electron chi connectivity index (χ4n) is 1.98. The molecular weight excluding hydrogens is 454 g/mol. The predicted octanol–water partition coefficient (Wildman–Crippen LogP) is 3.22. The zero-order chi connectivity index (χ0) is 13.4. The minimum absolute atomic E-state index is 0.869. The van der Waals surface area contributed by atoms with E-state index in [1.165, 1.54) is 18.5 Å². The first-order valence-corrected chi connectivity index (χ1v) is 7.96. The van der Waals surface area contributed by atoms with Crippen LogP contribution in [0.25, 0.3) is 0 Å². The molecule has 0 aliphatic heterocycles. The molecule has 4 nitrogen and oxygen atoms in total. The van der Waals surface area contributed by atoms with Crippen molar-refractivity contribution in [2.75, 3.05) is 0 Å². The lowest BCUT2D eigenvalue weighted by molar-refractivity contribution is 0.482. The molecule has 0 N–H and O–H groups in total. The molecule has 0 aliphatic rings. The average molecular weight is 470 g/mol. The van der Waals surface area contributed by atoms with Gasteiger partial charge >= 0.3 is 0 Å². The van der Waals surface area contributed by atoms with Crippen molar-refractivity contribution in [1.82, 2.24) is 19.6 Å². The van der Waals surface area contributed by atoms with E-state index in [-0.39, 0.29) is 0 Å². The van der Waals surface area contributed by atoms with E-state index in [1.807, 2.05) is 0 Å². The fourth-order valence-corrected chi connectivity index (χ4v) is 2.75. The van der Waals surface area contributed by atoms with E-state index in [9.17, 15) is 0 Å². The maximum Gasteiger partial charge on any atom is 0.0729 e. The van der Waals surface area contributed by atoms with Crippen molar-refractivity contribution in [3.05, 3.63) is 29.9 Å². The highest BCUT2D eigenvalue weighted by atomic mass is 127. The summed E-state index contributed by atoms with van der Waals surface area (Å²) in [5.74, 6) is 0. The molecule has 0 fully saturated rings. The summed E-state index contributed by atoms with van der Waals surface area (Å²) in [5.41, 5.74) is 4.70. The minimum Gasteiger partial charge on any atom is -0.267 e. The van der Waals surface area contributed by atoms with Crippen LogP contribution in [-0.4, -0.2) is 19.6 Å². The van der Waals surface area contributed by atoms with Gasteiger partial charge in [-0.3, -0.25) is 9.36 Å². The second-order valence-electron chi connectivity index (χ2n) is 4.42. The normalized spacial score (nSPS) is 11.2. The van der Waals surface area contributed by atoms with Crippen molar-refractivity contribution >= 4 is 45.2 Å². The Labute approximate surface area is 134 Å². The standard InChI is InChI=1S/C12H16I2N4/c1-7-11(13)9(3)17(15-7)5-6-18-10(4)12(14)8(2)16-18/h5-6H2,1-4H3. The van der Waals surface area contributed by atoms with Gasteiger partial charge in [0.1, 0.15) is 0 Å². The van der Waals surface area contributed by atoms with Crippen molar-refractivity contribution in [2.24, 2.45) is 0 Å².